The van der Waals surface area contributed by atoms with Crippen molar-refractivity contribution < 1.29 is 22.4 Å². The zero-order valence-electron chi connectivity index (χ0n) is 16.4. The molecule has 2 aliphatic heterocycles. The van der Waals surface area contributed by atoms with Gasteiger partial charge in [0.2, 0.25) is 21.8 Å². The lowest BCUT2D eigenvalue weighted by atomic mass is 10.0. The number of anilines is 1. The lowest BCUT2D eigenvalue weighted by molar-refractivity contribution is -0.137. The molecule has 2 saturated heterocycles. The van der Waals surface area contributed by atoms with E-state index in [1.807, 2.05) is 0 Å². The van der Waals surface area contributed by atoms with Crippen LogP contribution in [0.25, 0.3) is 0 Å². The van der Waals surface area contributed by atoms with Crippen LogP contribution in [0.2, 0.25) is 0 Å². The van der Waals surface area contributed by atoms with Crippen molar-refractivity contribution in [1.29, 1.82) is 0 Å². The Bertz CT molecular complexity index is 881. The third kappa shape index (κ3) is 4.20. The van der Waals surface area contributed by atoms with Gasteiger partial charge in [0.05, 0.1) is 17.9 Å². The first-order valence-corrected chi connectivity index (χ1v) is 11.2. The molecule has 0 saturated carbocycles. The summed E-state index contributed by atoms with van der Waals surface area (Å²) in [7, 11) is -1.71. The molecule has 3 rings (SSSR count). The number of carbonyl (C=O) groups is 2. The number of hydrogen-bond donors (Lipinski definition) is 0. The Morgan fingerprint density at radius 1 is 1.25 bits per heavy atom. The molecule has 0 bridgehead atoms. The highest BCUT2D eigenvalue weighted by Gasteiger charge is 2.39. The lowest BCUT2D eigenvalue weighted by Gasteiger charge is -2.36. The molecule has 0 aliphatic carbocycles. The first kappa shape index (κ1) is 20.7. The highest BCUT2D eigenvalue weighted by Crippen LogP contribution is 2.30. The van der Waals surface area contributed by atoms with Gasteiger partial charge in [0.15, 0.2) is 0 Å². The fourth-order valence-electron chi connectivity index (χ4n) is 3.92. The van der Waals surface area contributed by atoms with E-state index in [0.717, 1.165) is 5.56 Å². The van der Waals surface area contributed by atoms with Gasteiger partial charge in [0, 0.05) is 39.1 Å². The second kappa shape index (κ2) is 7.79. The van der Waals surface area contributed by atoms with Crippen LogP contribution in [0.4, 0.5) is 10.1 Å². The minimum atomic E-state index is -3.27. The van der Waals surface area contributed by atoms with Gasteiger partial charge in [-0.3, -0.25) is 9.59 Å². The van der Waals surface area contributed by atoms with Gasteiger partial charge in [0.25, 0.3) is 0 Å². The normalized spacial score (nSPS) is 21.6. The number of piperidine rings is 1. The van der Waals surface area contributed by atoms with E-state index >= 15 is 0 Å². The Labute approximate surface area is 165 Å². The Morgan fingerprint density at radius 2 is 1.89 bits per heavy atom. The Hall–Kier alpha value is -2.00. The molecular weight excluding hydrogens is 385 g/mol. The number of halogens is 1. The molecule has 154 valence electrons. The van der Waals surface area contributed by atoms with E-state index in [4.69, 9.17) is 0 Å². The van der Waals surface area contributed by atoms with Crippen molar-refractivity contribution in [2.75, 3.05) is 37.8 Å². The van der Waals surface area contributed by atoms with Gasteiger partial charge in [-0.05, 0) is 37.5 Å². The first-order valence-electron chi connectivity index (χ1n) is 9.36. The number of rotatable bonds is 4. The van der Waals surface area contributed by atoms with Crippen molar-refractivity contribution in [1.82, 2.24) is 9.21 Å². The van der Waals surface area contributed by atoms with Crippen molar-refractivity contribution in [3.63, 3.8) is 0 Å². The van der Waals surface area contributed by atoms with Crippen LogP contribution >= 0.6 is 0 Å². The van der Waals surface area contributed by atoms with Crippen LogP contribution in [0.5, 0.6) is 0 Å². The van der Waals surface area contributed by atoms with Crippen molar-refractivity contribution >= 4 is 27.5 Å². The maximum absolute atomic E-state index is 14.2. The summed E-state index contributed by atoms with van der Waals surface area (Å²) in [5.41, 5.74) is 0.974. The molecule has 0 spiro atoms. The molecule has 1 aromatic carbocycles. The summed E-state index contributed by atoms with van der Waals surface area (Å²) in [6.45, 7) is 2.84. The Balaban J connectivity index is 1.63. The Kier molecular flexibility index (Phi) is 5.77. The number of benzene rings is 1. The van der Waals surface area contributed by atoms with Gasteiger partial charge in [-0.2, -0.15) is 0 Å². The molecule has 0 N–H and O–H groups in total. The second-order valence-electron chi connectivity index (χ2n) is 7.70. The number of likely N-dealkylation sites (tertiary alicyclic amines) is 1. The number of amides is 2. The predicted octanol–water partition coefficient (Wildman–Crippen LogP) is 1.37. The molecule has 0 aromatic heterocycles. The monoisotopic (exact) mass is 411 g/mol. The zero-order valence-corrected chi connectivity index (χ0v) is 17.2. The van der Waals surface area contributed by atoms with E-state index in [9.17, 15) is 22.4 Å². The fourth-order valence-corrected chi connectivity index (χ4v) is 4.67. The molecule has 2 amide bonds. The summed E-state index contributed by atoms with van der Waals surface area (Å²) in [6.07, 6.45) is 2.36. The molecule has 0 radical (unpaired) electrons. The number of aryl methyl sites for hydroxylation is 1. The van der Waals surface area contributed by atoms with Crippen LogP contribution in [0, 0.1) is 18.7 Å². The molecule has 2 fully saturated rings. The van der Waals surface area contributed by atoms with Gasteiger partial charge in [0.1, 0.15) is 5.82 Å². The third-order valence-electron chi connectivity index (χ3n) is 5.68. The number of nitrogens with zero attached hydrogens (tertiary/aromatic N) is 3. The minimum absolute atomic E-state index is 0.0648. The van der Waals surface area contributed by atoms with Gasteiger partial charge in [-0.15, -0.1) is 0 Å². The van der Waals surface area contributed by atoms with E-state index < -0.39 is 21.8 Å². The quantitative estimate of drug-likeness (QED) is 0.750. The number of sulfonamides is 1. The van der Waals surface area contributed by atoms with Crippen molar-refractivity contribution in [2.24, 2.45) is 5.92 Å². The number of hydrogen-bond acceptors (Lipinski definition) is 4. The van der Waals surface area contributed by atoms with Crippen molar-refractivity contribution in [3.05, 3.63) is 29.6 Å². The van der Waals surface area contributed by atoms with Gasteiger partial charge in [-0.25, -0.2) is 17.1 Å². The molecular formula is C19H26FN3O4S. The second-order valence-corrected chi connectivity index (χ2v) is 9.74. The topological polar surface area (TPSA) is 78.0 Å². The summed E-state index contributed by atoms with van der Waals surface area (Å²) in [4.78, 5) is 28.3. The molecule has 28 heavy (non-hydrogen) atoms. The smallest absolute Gasteiger partial charge is 0.228 e. The summed E-state index contributed by atoms with van der Waals surface area (Å²) in [5, 5.41) is 0. The van der Waals surface area contributed by atoms with E-state index in [2.05, 4.69) is 0 Å². The maximum Gasteiger partial charge on any atom is 0.228 e. The van der Waals surface area contributed by atoms with Gasteiger partial charge < -0.3 is 9.80 Å². The predicted molar refractivity (Wildman–Crippen MR) is 104 cm³/mol. The largest absolute Gasteiger partial charge is 0.342 e. The number of carbonyl (C=O) groups excluding carboxylic acids is 2. The van der Waals surface area contributed by atoms with E-state index in [1.165, 1.54) is 21.5 Å². The summed E-state index contributed by atoms with van der Waals surface area (Å²) in [6, 6.07) is 4.56. The average molecular weight is 411 g/mol. The first-order chi connectivity index (χ1) is 13.1. The zero-order chi connectivity index (χ0) is 20.6. The van der Waals surface area contributed by atoms with Crippen LogP contribution in [0.15, 0.2) is 18.2 Å². The third-order valence-corrected chi connectivity index (χ3v) is 7.03. The van der Waals surface area contributed by atoms with Crippen molar-refractivity contribution in [2.45, 2.75) is 32.2 Å². The van der Waals surface area contributed by atoms with Crippen LogP contribution < -0.4 is 4.90 Å². The van der Waals surface area contributed by atoms with Crippen molar-refractivity contribution in [3.8, 4) is 0 Å². The Morgan fingerprint density at radius 3 is 2.46 bits per heavy atom. The standard InChI is InChI=1S/C19H26FN3O4S/c1-13-4-5-17(16(20)10-13)23-12-14(11-18(23)24)19(25)22-8-6-15(7-9-22)21(2)28(3,26)27/h4-5,10,14-15H,6-9,11-12H2,1-3H3. The summed E-state index contributed by atoms with van der Waals surface area (Å²) >= 11 is 0. The minimum Gasteiger partial charge on any atom is -0.342 e. The molecule has 7 nitrogen and oxygen atoms in total. The summed E-state index contributed by atoms with van der Waals surface area (Å²) < 4.78 is 39.0. The van der Waals surface area contributed by atoms with Crippen LogP contribution in [-0.4, -0.2) is 68.4 Å². The van der Waals surface area contributed by atoms with E-state index in [0.29, 0.717) is 25.9 Å². The van der Waals surface area contributed by atoms with Crippen LogP contribution in [0.3, 0.4) is 0 Å². The fraction of sp³-hybridized carbons (Fsp3) is 0.579. The molecule has 2 heterocycles. The average Bonchev–Trinajstić information content (AvgIpc) is 3.01. The lowest BCUT2D eigenvalue weighted by Crippen LogP contribution is -2.48. The molecule has 2 aliphatic rings. The molecule has 1 unspecified atom stereocenters. The van der Waals surface area contributed by atoms with E-state index in [1.54, 1.807) is 31.0 Å². The van der Waals surface area contributed by atoms with Crippen LogP contribution in [-0.2, 0) is 19.6 Å². The molecule has 1 atom stereocenters. The van der Waals surface area contributed by atoms with Gasteiger partial charge >= 0.3 is 0 Å². The van der Waals surface area contributed by atoms with Gasteiger partial charge in [-0.1, -0.05) is 6.07 Å². The highest BCUT2D eigenvalue weighted by molar-refractivity contribution is 7.88. The molecule has 1 aromatic rings. The SMILES string of the molecule is Cc1ccc(N2CC(C(=O)N3CCC(N(C)S(C)(=O)=O)CC3)CC2=O)c(F)c1. The summed E-state index contributed by atoms with van der Waals surface area (Å²) in [5.74, 6) is -1.35. The highest BCUT2D eigenvalue weighted by atomic mass is 32.2. The maximum atomic E-state index is 14.2. The van der Waals surface area contributed by atoms with Crippen LogP contribution in [0.1, 0.15) is 24.8 Å². The molecule has 9 heteroatoms. The van der Waals surface area contributed by atoms with E-state index in [-0.39, 0.29) is 36.5 Å².